The van der Waals surface area contributed by atoms with Crippen molar-refractivity contribution in [2.24, 2.45) is 0 Å². The molecular weight excluding hydrogens is 269 g/mol. The Kier molecular flexibility index (Phi) is 5.21. The van der Waals surface area contributed by atoms with Crippen LogP contribution in [0.25, 0.3) is 0 Å². The van der Waals surface area contributed by atoms with E-state index in [2.05, 4.69) is 11.9 Å². The van der Waals surface area contributed by atoms with E-state index in [1.807, 2.05) is 24.3 Å². The third kappa shape index (κ3) is 3.99. The molecule has 0 bridgehead atoms. The molecule has 21 heavy (non-hydrogen) atoms. The maximum absolute atomic E-state index is 13.7. The van der Waals surface area contributed by atoms with Crippen molar-refractivity contribution in [1.82, 2.24) is 0 Å². The largest absolute Gasteiger partial charge is 0.497 e. The number of nitrogens with one attached hydrogen (secondary N) is 1. The van der Waals surface area contributed by atoms with Gasteiger partial charge in [-0.2, -0.15) is 0 Å². The number of ether oxygens (including phenoxy) is 2. The van der Waals surface area contributed by atoms with E-state index in [4.69, 9.17) is 9.47 Å². The molecule has 4 heteroatoms. The smallest absolute Gasteiger partial charge is 0.146 e. The summed E-state index contributed by atoms with van der Waals surface area (Å²) in [6.45, 7) is 4.52. The third-order valence-corrected chi connectivity index (χ3v) is 2.97. The first-order chi connectivity index (χ1) is 10.2. The second-order valence-corrected chi connectivity index (χ2v) is 4.41. The number of benzene rings is 2. The number of para-hydroxylation sites is 1. The predicted molar refractivity (Wildman–Crippen MR) is 82.4 cm³/mol. The van der Waals surface area contributed by atoms with E-state index in [-0.39, 0.29) is 5.82 Å². The molecule has 2 rings (SSSR count). The summed E-state index contributed by atoms with van der Waals surface area (Å²) >= 11 is 0. The van der Waals surface area contributed by atoms with Gasteiger partial charge in [0.15, 0.2) is 0 Å². The van der Waals surface area contributed by atoms with E-state index >= 15 is 0 Å². The summed E-state index contributed by atoms with van der Waals surface area (Å²) in [5, 5.41) is 3.06. The molecule has 0 saturated heterocycles. The molecule has 0 amide bonds. The third-order valence-electron chi connectivity index (χ3n) is 2.97. The Hall–Kier alpha value is -2.49. The molecule has 0 spiro atoms. The molecule has 0 aromatic heterocycles. The number of methoxy groups -OCH3 is 1. The van der Waals surface area contributed by atoms with E-state index < -0.39 is 0 Å². The van der Waals surface area contributed by atoms with Crippen LogP contribution in [0.3, 0.4) is 0 Å². The van der Waals surface area contributed by atoms with Crippen molar-refractivity contribution in [3.63, 3.8) is 0 Å². The summed E-state index contributed by atoms with van der Waals surface area (Å²) in [6, 6.07) is 12.2. The zero-order valence-electron chi connectivity index (χ0n) is 11.9. The molecule has 1 N–H and O–H groups in total. The highest BCUT2D eigenvalue weighted by Gasteiger charge is 2.06. The quantitative estimate of drug-likeness (QED) is 0.780. The summed E-state index contributed by atoms with van der Waals surface area (Å²) in [4.78, 5) is 0. The lowest BCUT2D eigenvalue weighted by molar-refractivity contribution is 0.359. The van der Waals surface area contributed by atoms with Crippen LogP contribution in [-0.4, -0.2) is 13.7 Å². The fraction of sp³-hybridized carbons (Fsp3) is 0.176. The summed E-state index contributed by atoms with van der Waals surface area (Å²) in [5.74, 6) is 1.04. The Morgan fingerprint density at radius 3 is 2.81 bits per heavy atom. The molecule has 0 aliphatic heterocycles. The molecule has 0 aliphatic carbocycles. The first-order valence-corrected chi connectivity index (χ1v) is 6.63. The van der Waals surface area contributed by atoms with Crippen molar-refractivity contribution in [2.75, 3.05) is 19.0 Å². The van der Waals surface area contributed by atoms with Crippen LogP contribution >= 0.6 is 0 Å². The molecular formula is C17H18FNO2. The normalized spacial score (nSPS) is 10.0. The molecule has 2 aromatic rings. The number of anilines is 1. The lowest BCUT2D eigenvalue weighted by atomic mass is 10.2. The minimum absolute atomic E-state index is 0.319. The van der Waals surface area contributed by atoms with Crippen molar-refractivity contribution in [1.29, 1.82) is 0 Å². The number of hydrogen-bond donors (Lipinski definition) is 1. The lowest BCUT2D eigenvalue weighted by Crippen LogP contribution is -2.04. The second kappa shape index (κ2) is 7.33. The Morgan fingerprint density at radius 1 is 1.24 bits per heavy atom. The van der Waals surface area contributed by atoms with Crippen LogP contribution in [0.2, 0.25) is 0 Å². The van der Waals surface area contributed by atoms with Crippen LogP contribution in [0.5, 0.6) is 11.5 Å². The number of hydrogen-bond acceptors (Lipinski definition) is 3. The molecule has 3 nitrogen and oxygen atoms in total. The summed E-state index contributed by atoms with van der Waals surface area (Å²) in [5.41, 5.74) is 1.34. The zero-order chi connectivity index (χ0) is 15.1. The molecule has 0 aliphatic rings. The van der Waals surface area contributed by atoms with Gasteiger partial charge in [-0.05, 0) is 18.2 Å². The molecule has 110 valence electrons. The van der Waals surface area contributed by atoms with Crippen molar-refractivity contribution in [2.45, 2.75) is 6.54 Å². The Morgan fingerprint density at radius 2 is 2.05 bits per heavy atom. The standard InChI is InChI=1S/C17H18FNO2/c1-3-10-21-17-7-5-4-6-13(17)12-19-16-11-14(20-2)8-9-15(16)18/h3-9,11,19H,1,10,12H2,2H3. The van der Waals surface area contributed by atoms with Crippen LogP contribution in [0.1, 0.15) is 5.56 Å². The van der Waals surface area contributed by atoms with E-state index in [1.54, 1.807) is 25.3 Å². The highest BCUT2D eigenvalue weighted by Crippen LogP contribution is 2.24. The van der Waals surface area contributed by atoms with Gasteiger partial charge in [-0.1, -0.05) is 30.9 Å². The zero-order valence-corrected chi connectivity index (χ0v) is 11.9. The van der Waals surface area contributed by atoms with E-state index in [0.29, 0.717) is 24.6 Å². The minimum atomic E-state index is -0.319. The van der Waals surface area contributed by atoms with Crippen molar-refractivity contribution < 1.29 is 13.9 Å². The molecule has 0 radical (unpaired) electrons. The van der Waals surface area contributed by atoms with Gasteiger partial charge in [0.25, 0.3) is 0 Å². The first kappa shape index (κ1) is 14.9. The molecule has 2 aromatic carbocycles. The summed E-state index contributed by atoms with van der Waals surface area (Å²) < 4.78 is 24.4. The number of rotatable bonds is 7. The molecule has 0 atom stereocenters. The van der Waals surface area contributed by atoms with Gasteiger partial charge < -0.3 is 14.8 Å². The topological polar surface area (TPSA) is 30.5 Å². The number of halogens is 1. The van der Waals surface area contributed by atoms with Crippen LogP contribution in [0.4, 0.5) is 10.1 Å². The molecule has 0 heterocycles. The average Bonchev–Trinajstić information content (AvgIpc) is 2.53. The molecule has 0 unspecified atom stereocenters. The van der Waals surface area contributed by atoms with Crippen LogP contribution in [-0.2, 0) is 6.54 Å². The van der Waals surface area contributed by atoms with Gasteiger partial charge >= 0.3 is 0 Å². The van der Waals surface area contributed by atoms with Gasteiger partial charge in [-0.25, -0.2) is 4.39 Å². The van der Waals surface area contributed by atoms with Crippen LogP contribution in [0.15, 0.2) is 55.1 Å². The van der Waals surface area contributed by atoms with Crippen molar-refractivity contribution >= 4 is 5.69 Å². The van der Waals surface area contributed by atoms with Gasteiger partial charge in [0.1, 0.15) is 23.9 Å². The fourth-order valence-electron chi connectivity index (χ4n) is 1.90. The van der Waals surface area contributed by atoms with Crippen LogP contribution < -0.4 is 14.8 Å². The van der Waals surface area contributed by atoms with Gasteiger partial charge in [-0.3, -0.25) is 0 Å². The second-order valence-electron chi connectivity index (χ2n) is 4.41. The van der Waals surface area contributed by atoms with Crippen molar-refractivity contribution in [3.05, 3.63) is 66.5 Å². The Labute approximate surface area is 124 Å². The highest BCUT2D eigenvalue weighted by atomic mass is 19.1. The summed E-state index contributed by atoms with van der Waals surface area (Å²) in [7, 11) is 1.55. The SMILES string of the molecule is C=CCOc1ccccc1CNc1cc(OC)ccc1F. The molecule has 0 saturated carbocycles. The highest BCUT2D eigenvalue weighted by molar-refractivity contribution is 5.50. The van der Waals surface area contributed by atoms with Gasteiger partial charge in [0.2, 0.25) is 0 Å². The Balaban J connectivity index is 2.11. The Bertz CT molecular complexity index is 613. The monoisotopic (exact) mass is 287 g/mol. The van der Waals surface area contributed by atoms with Crippen LogP contribution in [0, 0.1) is 5.82 Å². The van der Waals surface area contributed by atoms with E-state index in [0.717, 1.165) is 11.3 Å². The van der Waals surface area contributed by atoms with Gasteiger partial charge in [0.05, 0.1) is 12.8 Å². The maximum atomic E-state index is 13.7. The maximum Gasteiger partial charge on any atom is 0.146 e. The van der Waals surface area contributed by atoms with Crippen molar-refractivity contribution in [3.8, 4) is 11.5 Å². The minimum Gasteiger partial charge on any atom is -0.497 e. The average molecular weight is 287 g/mol. The summed E-state index contributed by atoms with van der Waals surface area (Å²) in [6.07, 6.45) is 1.69. The van der Waals surface area contributed by atoms with E-state index in [1.165, 1.54) is 6.07 Å². The van der Waals surface area contributed by atoms with E-state index in [9.17, 15) is 4.39 Å². The molecule has 0 fully saturated rings. The predicted octanol–water partition coefficient (Wildman–Crippen LogP) is 4.01. The van der Waals surface area contributed by atoms with Gasteiger partial charge in [0, 0.05) is 18.2 Å². The lowest BCUT2D eigenvalue weighted by Gasteiger charge is -2.13. The first-order valence-electron chi connectivity index (χ1n) is 6.63. The fourth-order valence-corrected chi connectivity index (χ4v) is 1.90. The van der Waals surface area contributed by atoms with Gasteiger partial charge in [-0.15, -0.1) is 0 Å².